The van der Waals surface area contributed by atoms with Crippen LogP contribution in [0.5, 0.6) is 0 Å². The molecule has 0 unspecified atom stereocenters. The van der Waals surface area contributed by atoms with Crippen LogP contribution >= 0.6 is 0 Å². The third kappa shape index (κ3) is 5.20. The highest BCUT2D eigenvalue weighted by molar-refractivity contribution is 5.88. The number of aliphatic carboxylic acids is 1. The first-order valence-corrected chi connectivity index (χ1v) is 4.95. The van der Waals surface area contributed by atoms with Crippen LogP contribution in [0.2, 0.25) is 0 Å². The average Bonchev–Trinajstić information content (AvgIpc) is 2.01. The Morgan fingerprint density at radius 3 is 2.20 bits per heavy atom. The Kier molecular flexibility index (Phi) is 5.05. The Morgan fingerprint density at radius 1 is 1.33 bits per heavy atom. The number of carboxylic acid groups (broad SMARTS) is 1. The molecule has 1 amide bonds. The summed E-state index contributed by atoms with van der Waals surface area (Å²) in [4.78, 5) is 23.7. The Morgan fingerprint density at radius 2 is 1.87 bits per heavy atom. The maximum Gasteiger partial charge on any atom is 0.305 e. The first kappa shape index (κ1) is 13.7. The second-order valence-corrected chi connectivity index (χ2v) is 4.30. The zero-order chi connectivity index (χ0) is 12.1. The molecule has 0 saturated heterocycles. The molecule has 0 aliphatic heterocycles. The fraction of sp³-hybridized carbons (Fsp3) is 0.636. The highest BCUT2D eigenvalue weighted by Gasteiger charge is 2.24. The fourth-order valence-electron chi connectivity index (χ4n) is 1.22. The highest BCUT2D eigenvalue weighted by atomic mass is 16.4. The smallest absolute Gasteiger partial charge is 0.305 e. The van der Waals surface area contributed by atoms with Gasteiger partial charge < -0.3 is 10.0 Å². The van der Waals surface area contributed by atoms with Gasteiger partial charge in [0.05, 0.1) is 6.42 Å². The van der Waals surface area contributed by atoms with E-state index in [1.807, 2.05) is 20.8 Å². The van der Waals surface area contributed by atoms with E-state index in [9.17, 15) is 9.59 Å². The minimum absolute atomic E-state index is 0.0272. The highest BCUT2D eigenvalue weighted by Crippen LogP contribution is 2.14. The van der Waals surface area contributed by atoms with E-state index in [2.05, 4.69) is 0 Å². The minimum Gasteiger partial charge on any atom is -0.481 e. The lowest BCUT2D eigenvalue weighted by molar-refractivity contribution is -0.139. The van der Waals surface area contributed by atoms with Crippen LogP contribution in [0.1, 0.15) is 34.1 Å². The number of allylic oxidation sites excluding steroid dienone is 1. The number of hydrogen-bond donors (Lipinski definition) is 1. The Labute approximate surface area is 90.6 Å². The summed E-state index contributed by atoms with van der Waals surface area (Å²) in [6.45, 7) is 7.65. The van der Waals surface area contributed by atoms with Crippen molar-refractivity contribution in [1.82, 2.24) is 4.90 Å². The van der Waals surface area contributed by atoms with Crippen LogP contribution < -0.4 is 0 Å². The van der Waals surface area contributed by atoms with E-state index in [1.165, 1.54) is 6.08 Å². The van der Waals surface area contributed by atoms with Gasteiger partial charge in [0, 0.05) is 12.1 Å². The number of carbonyl (C=O) groups excluding carboxylic acids is 1. The van der Waals surface area contributed by atoms with Gasteiger partial charge in [-0.25, -0.2) is 0 Å². The van der Waals surface area contributed by atoms with Crippen LogP contribution in [-0.2, 0) is 9.59 Å². The van der Waals surface area contributed by atoms with Crippen LogP contribution in [0.15, 0.2) is 12.2 Å². The van der Waals surface area contributed by atoms with Gasteiger partial charge in [0.2, 0.25) is 5.91 Å². The van der Waals surface area contributed by atoms with Crippen molar-refractivity contribution in [1.29, 1.82) is 0 Å². The van der Waals surface area contributed by atoms with E-state index in [4.69, 9.17) is 5.11 Å². The summed E-state index contributed by atoms with van der Waals surface area (Å²) in [5.74, 6) is -1.04. The lowest BCUT2D eigenvalue weighted by Crippen LogP contribution is -2.45. The Hall–Kier alpha value is -1.32. The molecule has 0 fully saturated rings. The topological polar surface area (TPSA) is 57.6 Å². The first-order chi connectivity index (χ1) is 6.79. The lowest BCUT2D eigenvalue weighted by Gasteiger charge is -2.34. The third-order valence-corrected chi connectivity index (χ3v) is 1.93. The molecule has 86 valence electrons. The molecule has 0 spiro atoms. The van der Waals surface area contributed by atoms with Crippen molar-refractivity contribution in [2.75, 3.05) is 6.54 Å². The summed E-state index contributed by atoms with van der Waals surface area (Å²) in [5.41, 5.74) is -0.355. The quantitative estimate of drug-likeness (QED) is 0.722. The van der Waals surface area contributed by atoms with Crippen LogP contribution in [-0.4, -0.2) is 34.0 Å². The van der Waals surface area contributed by atoms with Gasteiger partial charge in [-0.1, -0.05) is 6.08 Å². The predicted octanol–water partition coefficient (Wildman–Crippen LogP) is 1.66. The molecule has 0 heterocycles. The Balaban J connectivity index is 4.59. The number of carboxylic acids is 1. The van der Waals surface area contributed by atoms with Crippen molar-refractivity contribution in [3.63, 3.8) is 0 Å². The van der Waals surface area contributed by atoms with Crippen molar-refractivity contribution < 1.29 is 14.7 Å². The SMILES string of the molecule is C/C=C/C(=O)N(CCC(=O)O)C(C)(C)C. The van der Waals surface area contributed by atoms with Crippen LogP contribution in [0.4, 0.5) is 0 Å². The lowest BCUT2D eigenvalue weighted by atomic mass is 10.1. The molecule has 0 rings (SSSR count). The van der Waals surface area contributed by atoms with Gasteiger partial charge in [-0.05, 0) is 33.8 Å². The van der Waals surface area contributed by atoms with Crippen molar-refractivity contribution in [2.24, 2.45) is 0 Å². The van der Waals surface area contributed by atoms with Gasteiger partial charge in [-0.15, -0.1) is 0 Å². The van der Waals surface area contributed by atoms with E-state index in [0.717, 1.165) is 0 Å². The molecule has 4 nitrogen and oxygen atoms in total. The standard InChI is InChI=1S/C11H19NO3/c1-5-6-9(13)12(11(2,3)4)8-7-10(14)15/h5-6H,7-8H2,1-4H3,(H,14,15)/b6-5+. The van der Waals surface area contributed by atoms with E-state index in [0.29, 0.717) is 0 Å². The van der Waals surface area contributed by atoms with Crippen molar-refractivity contribution >= 4 is 11.9 Å². The van der Waals surface area contributed by atoms with Crippen LogP contribution in [0.25, 0.3) is 0 Å². The first-order valence-electron chi connectivity index (χ1n) is 4.95. The number of carbonyl (C=O) groups is 2. The van der Waals surface area contributed by atoms with E-state index >= 15 is 0 Å². The van der Waals surface area contributed by atoms with Crippen LogP contribution in [0, 0.1) is 0 Å². The molecule has 0 saturated carbocycles. The largest absolute Gasteiger partial charge is 0.481 e. The normalized spacial score (nSPS) is 11.7. The fourth-order valence-corrected chi connectivity index (χ4v) is 1.22. The van der Waals surface area contributed by atoms with Crippen LogP contribution in [0.3, 0.4) is 0 Å². The van der Waals surface area contributed by atoms with Gasteiger partial charge >= 0.3 is 5.97 Å². The summed E-state index contributed by atoms with van der Waals surface area (Å²) in [5, 5.41) is 8.58. The summed E-state index contributed by atoms with van der Waals surface area (Å²) in [6.07, 6.45) is 3.08. The maximum absolute atomic E-state index is 11.6. The van der Waals surface area contributed by atoms with Gasteiger partial charge in [-0.3, -0.25) is 9.59 Å². The van der Waals surface area contributed by atoms with E-state index < -0.39 is 5.97 Å². The molecule has 0 aliphatic rings. The summed E-state index contributed by atoms with van der Waals surface area (Å²) < 4.78 is 0. The Bertz CT molecular complexity index is 263. The number of rotatable bonds is 4. The molecule has 0 atom stereocenters. The minimum atomic E-state index is -0.891. The van der Waals surface area contributed by atoms with E-state index in [1.54, 1.807) is 17.9 Å². The molecule has 1 N–H and O–H groups in total. The third-order valence-electron chi connectivity index (χ3n) is 1.93. The second kappa shape index (κ2) is 5.53. The van der Waals surface area contributed by atoms with E-state index in [-0.39, 0.29) is 24.4 Å². The number of hydrogen-bond acceptors (Lipinski definition) is 2. The summed E-state index contributed by atoms with van der Waals surface area (Å²) in [7, 11) is 0. The van der Waals surface area contributed by atoms with Gasteiger partial charge in [-0.2, -0.15) is 0 Å². The predicted molar refractivity (Wildman–Crippen MR) is 58.5 cm³/mol. The molecular formula is C11H19NO3. The molecule has 4 heteroatoms. The zero-order valence-electron chi connectivity index (χ0n) is 9.78. The monoisotopic (exact) mass is 213 g/mol. The molecule has 15 heavy (non-hydrogen) atoms. The van der Waals surface area contributed by atoms with Crippen molar-refractivity contribution in [3.05, 3.63) is 12.2 Å². The van der Waals surface area contributed by atoms with Gasteiger partial charge in [0.15, 0.2) is 0 Å². The molecule has 0 aromatic heterocycles. The zero-order valence-corrected chi connectivity index (χ0v) is 9.78. The van der Waals surface area contributed by atoms with Gasteiger partial charge in [0.25, 0.3) is 0 Å². The second-order valence-electron chi connectivity index (χ2n) is 4.30. The number of amides is 1. The molecular weight excluding hydrogens is 194 g/mol. The number of nitrogens with zero attached hydrogens (tertiary/aromatic N) is 1. The summed E-state index contributed by atoms with van der Waals surface area (Å²) >= 11 is 0. The molecule has 0 bridgehead atoms. The molecule has 0 aromatic rings. The van der Waals surface area contributed by atoms with Gasteiger partial charge in [0.1, 0.15) is 0 Å². The van der Waals surface area contributed by atoms with Crippen molar-refractivity contribution in [2.45, 2.75) is 39.7 Å². The molecule has 0 radical (unpaired) electrons. The summed E-state index contributed by atoms with van der Waals surface area (Å²) in [6, 6.07) is 0. The van der Waals surface area contributed by atoms with Crippen molar-refractivity contribution in [3.8, 4) is 0 Å². The average molecular weight is 213 g/mol. The maximum atomic E-state index is 11.6. The molecule has 0 aliphatic carbocycles. The molecule has 0 aromatic carbocycles.